The van der Waals surface area contributed by atoms with Crippen molar-refractivity contribution in [3.63, 3.8) is 0 Å². The number of rotatable bonds is 3. The van der Waals surface area contributed by atoms with Crippen LogP contribution in [0.25, 0.3) is 20.7 Å². The van der Waals surface area contributed by atoms with Gasteiger partial charge in [-0.05, 0) is 17.7 Å². The Morgan fingerprint density at radius 1 is 1.20 bits per heavy atom. The summed E-state index contributed by atoms with van der Waals surface area (Å²) >= 11 is 1.24. The van der Waals surface area contributed by atoms with E-state index < -0.39 is 0 Å². The number of ketones is 1. The number of hydrogen-bond donors (Lipinski definition) is 0. The highest BCUT2D eigenvalue weighted by Gasteiger charge is 2.19. The molecule has 0 N–H and O–H groups in total. The lowest BCUT2D eigenvalue weighted by atomic mass is 10.1. The minimum Gasteiger partial charge on any atom is -0.288 e. The lowest BCUT2D eigenvalue weighted by Crippen LogP contribution is -1.97. The van der Waals surface area contributed by atoms with Gasteiger partial charge in [0.2, 0.25) is 5.78 Å². The summed E-state index contributed by atoms with van der Waals surface area (Å²) in [5, 5.41) is 4.37. The van der Waals surface area contributed by atoms with Crippen LogP contribution in [-0.2, 0) is 0 Å². The maximum Gasteiger partial charge on any atom is 0.203 e. The number of nitrogens with zero attached hydrogens (tertiary/aromatic N) is 4. The zero-order chi connectivity index (χ0) is 13.9. The van der Waals surface area contributed by atoms with Gasteiger partial charge in [0.25, 0.3) is 0 Å². The highest BCUT2D eigenvalue weighted by atomic mass is 32.1. The van der Waals surface area contributed by atoms with Crippen molar-refractivity contribution in [2.75, 3.05) is 0 Å². The molecule has 0 amide bonds. The molecule has 0 spiro atoms. The summed E-state index contributed by atoms with van der Waals surface area (Å²) in [6, 6.07) is 12.5. The van der Waals surface area contributed by atoms with E-state index in [0.717, 1.165) is 0 Å². The Morgan fingerprint density at radius 3 is 2.75 bits per heavy atom. The van der Waals surface area contributed by atoms with Crippen molar-refractivity contribution in [2.24, 2.45) is 5.11 Å². The number of carbonyl (C=O) groups excluding carboxylic acids is 1. The Kier molecular flexibility index (Phi) is 3.16. The number of pyridine rings is 1. The molecule has 0 fully saturated rings. The van der Waals surface area contributed by atoms with Crippen molar-refractivity contribution in [1.82, 2.24) is 4.98 Å². The number of thiophene rings is 1. The fourth-order valence-electron chi connectivity index (χ4n) is 1.94. The Bertz CT molecular complexity index is 835. The first-order chi connectivity index (χ1) is 9.81. The minimum absolute atomic E-state index is 0.156. The molecule has 0 unspecified atom stereocenters. The maximum absolute atomic E-state index is 12.5. The van der Waals surface area contributed by atoms with Crippen LogP contribution in [0.4, 0.5) is 5.69 Å². The second kappa shape index (κ2) is 5.13. The highest BCUT2D eigenvalue weighted by molar-refractivity contribution is 7.21. The van der Waals surface area contributed by atoms with Crippen LogP contribution >= 0.6 is 11.3 Å². The van der Waals surface area contributed by atoms with Gasteiger partial charge in [-0.15, -0.1) is 11.3 Å². The van der Waals surface area contributed by atoms with Gasteiger partial charge in [-0.2, -0.15) is 0 Å². The van der Waals surface area contributed by atoms with Crippen LogP contribution < -0.4 is 0 Å². The topological polar surface area (TPSA) is 78.7 Å². The molecule has 5 nitrogen and oxygen atoms in total. The predicted octanol–water partition coefficient (Wildman–Crippen LogP) is 4.47. The van der Waals surface area contributed by atoms with Gasteiger partial charge in [0.05, 0.1) is 10.6 Å². The number of azide groups is 1. The number of carbonyl (C=O) groups is 1. The van der Waals surface area contributed by atoms with E-state index in [0.29, 0.717) is 26.3 Å². The smallest absolute Gasteiger partial charge is 0.203 e. The molecule has 0 saturated heterocycles. The molecule has 0 radical (unpaired) electrons. The van der Waals surface area contributed by atoms with Gasteiger partial charge >= 0.3 is 0 Å². The van der Waals surface area contributed by atoms with Crippen molar-refractivity contribution < 1.29 is 4.79 Å². The molecule has 3 aromatic rings. The van der Waals surface area contributed by atoms with Crippen molar-refractivity contribution >= 4 is 33.0 Å². The van der Waals surface area contributed by atoms with E-state index in [1.807, 2.05) is 6.07 Å². The molecule has 0 aliphatic heterocycles. The summed E-state index contributed by atoms with van der Waals surface area (Å²) in [4.78, 5) is 20.6. The second-order valence-electron chi connectivity index (χ2n) is 4.02. The quantitative estimate of drug-likeness (QED) is 0.307. The Labute approximate surface area is 118 Å². The molecule has 20 heavy (non-hydrogen) atoms. The van der Waals surface area contributed by atoms with E-state index in [9.17, 15) is 4.79 Å². The molecule has 6 heteroatoms. The van der Waals surface area contributed by atoms with Crippen LogP contribution in [0.2, 0.25) is 0 Å². The van der Waals surface area contributed by atoms with Crippen LogP contribution in [0.3, 0.4) is 0 Å². The molecular formula is C14H8N4OS. The van der Waals surface area contributed by atoms with Crippen LogP contribution in [0.5, 0.6) is 0 Å². The van der Waals surface area contributed by atoms with Crippen molar-refractivity contribution in [1.29, 1.82) is 0 Å². The van der Waals surface area contributed by atoms with E-state index in [1.165, 1.54) is 11.3 Å². The average molecular weight is 280 g/mol. The first kappa shape index (κ1) is 12.3. The number of aromatic nitrogens is 1. The summed E-state index contributed by atoms with van der Waals surface area (Å²) in [5.41, 5.74) is 9.62. The molecule has 96 valence electrons. The Morgan fingerprint density at radius 2 is 2.00 bits per heavy atom. The van der Waals surface area contributed by atoms with E-state index >= 15 is 0 Å². The van der Waals surface area contributed by atoms with Crippen LogP contribution in [0, 0.1) is 0 Å². The third-order valence-electron chi connectivity index (χ3n) is 2.83. The molecule has 2 aromatic heterocycles. The standard InChI is InChI=1S/C14H8N4OS/c15-18-17-11-10-7-4-8-16-14(10)20-13(11)12(19)9-5-2-1-3-6-9/h1-8H. The average Bonchev–Trinajstić information content (AvgIpc) is 2.87. The molecule has 3 rings (SSSR count). The molecule has 0 aliphatic rings. The summed E-state index contributed by atoms with van der Waals surface area (Å²) in [6.45, 7) is 0. The Hall–Kier alpha value is -2.69. The van der Waals surface area contributed by atoms with Crippen molar-refractivity contribution in [3.8, 4) is 0 Å². The fourth-order valence-corrected chi connectivity index (χ4v) is 2.98. The third kappa shape index (κ3) is 2.03. The van der Waals surface area contributed by atoms with Crippen molar-refractivity contribution in [3.05, 3.63) is 69.5 Å². The molecule has 0 bridgehead atoms. The number of hydrogen-bond acceptors (Lipinski definition) is 4. The lowest BCUT2D eigenvalue weighted by molar-refractivity contribution is 0.104. The Balaban J connectivity index is 2.23. The van der Waals surface area contributed by atoms with E-state index in [2.05, 4.69) is 15.0 Å². The van der Waals surface area contributed by atoms with Crippen LogP contribution in [-0.4, -0.2) is 10.8 Å². The summed E-state index contributed by atoms with van der Waals surface area (Å²) in [6.07, 6.45) is 1.65. The van der Waals surface area contributed by atoms with Gasteiger partial charge < -0.3 is 0 Å². The minimum atomic E-state index is -0.156. The molecule has 0 aliphatic carbocycles. The first-order valence-corrected chi connectivity index (χ1v) is 6.65. The summed E-state index contributed by atoms with van der Waals surface area (Å²) < 4.78 is 0. The molecular weight excluding hydrogens is 272 g/mol. The number of benzene rings is 1. The highest BCUT2D eigenvalue weighted by Crippen LogP contribution is 2.38. The van der Waals surface area contributed by atoms with Gasteiger partial charge in [-0.1, -0.05) is 35.4 Å². The van der Waals surface area contributed by atoms with Gasteiger partial charge in [0.15, 0.2) is 0 Å². The normalized spacial score (nSPS) is 10.2. The summed E-state index contributed by atoms with van der Waals surface area (Å²) in [5.74, 6) is -0.156. The van der Waals surface area contributed by atoms with Gasteiger partial charge in [-0.3, -0.25) is 4.79 Å². The lowest BCUT2D eigenvalue weighted by Gasteiger charge is -1.98. The molecule has 0 saturated carbocycles. The SMILES string of the molecule is [N-]=[N+]=Nc1c(C(=O)c2ccccc2)sc2ncccc12. The van der Waals surface area contributed by atoms with E-state index in [1.54, 1.807) is 42.6 Å². The fraction of sp³-hybridized carbons (Fsp3) is 0. The van der Waals surface area contributed by atoms with Crippen molar-refractivity contribution in [2.45, 2.75) is 0 Å². The monoisotopic (exact) mass is 280 g/mol. The zero-order valence-electron chi connectivity index (χ0n) is 10.2. The largest absolute Gasteiger partial charge is 0.288 e. The number of fused-ring (bicyclic) bond motifs is 1. The van der Waals surface area contributed by atoms with Crippen LogP contribution in [0.1, 0.15) is 15.2 Å². The zero-order valence-corrected chi connectivity index (χ0v) is 11.0. The van der Waals surface area contributed by atoms with Crippen LogP contribution in [0.15, 0.2) is 53.8 Å². The first-order valence-electron chi connectivity index (χ1n) is 5.83. The van der Waals surface area contributed by atoms with E-state index in [4.69, 9.17) is 5.53 Å². The predicted molar refractivity (Wildman–Crippen MR) is 78.3 cm³/mol. The maximum atomic E-state index is 12.5. The molecule has 0 atom stereocenters. The second-order valence-corrected chi connectivity index (χ2v) is 5.02. The van der Waals surface area contributed by atoms with Gasteiger partial charge in [-0.25, -0.2) is 4.98 Å². The van der Waals surface area contributed by atoms with Gasteiger partial charge in [0, 0.05) is 22.1 Å². The van der Waals surface area contributed by atoms with Gasteiger partial charge in [0.1, 0.15) is 4.83 Å². The molecule has 1 aromatic carbocycles. The summed E-state index contributed by atoms with van der Waals surface area (Å²) in [7, 11) is 0. The third-order valence-corrected chi connectivity index (χ3v) is 3.93. The molecule has 2 heterocycles. The van der Waals surface area contributed by atoms with E-state index in [-0.39, 0.29) is 5.78 Å².